The molecular formula is C11H13N3O2. The van der Waals surface area contributed by atoms with Crippen molar-refractivity contribution in [3.8, 4) is 0 Å². The standard InChI is InChI=1S/C11H13N3O2/c1-7-3-4-9-13-8(5-10(15)16-2)11(12)14(9)6-7/h3-4,6H,5,12H2,1-2H3. The second-order valence-electron chi connectivity index (χ2n) is 3.63. The number of imidazole rings is 1. The van der Waals surface area contributed by atoms with Crippen molar-refractivity contribution >= 4 is 17.4 Å². The smallest absolute Gasteiger partial charge is 0.311 e. The average molecular weight is 219 g/mol. The van der Waals surface area contributed by atoms with Gasteiger partial charge in [-0.15, -0.1) is 0 Å². The third-order valence-corrected chi connectivity index (χ3v) is 2.42. The van der Waals surface area contributed by atoms with Crippen molar-refractivity contribution in [3.05, 3.63) is 29.6 Å². The molecule has 5 heteroatoms. The lowest BCUT2D eigenvalue weighted by molar-refractivity contribution is -0.139. The zero-order valence-corrected chi connectivity index (χ0v) is 9.23. The molecule has 0 saturated heterocycles. The Kier molecular flexibility index (Phi) is 2.52. The molecule has 0 fully saturated rings. The average Bonchev–Trinajstić information content (AvgIpc) is 2.56. The quantitative estimate of drug-likeness (QED) is 0.763. The number of aromatic nitrogens is 2. The zero-order valence-electron chi connectivity index (χ0n) is 9.23. The van der Waals surface area contributed by atoms with Gasteiger partial charge in [0.2, 0.25) is 0 Å². The molecule has 0 aliphatic rings. The molecule has 0 bridgehead atoms. The minimum atomic E-state index is -0.341. The van der Waals surface area contributed by atoms with Crippen molar-refractivity contribution in [2.24, 2.45) is 0 Å². The van der Waals surface area contributed by atoms with E-state index in [4.69, 9.17) is 5.73 Å². The summed E-state index contributed by atoms with van der Waals surface area (Å²) in [5, 5.41) is 0. The number of hydrogen-bond acceptors (Lipinski definition) is 4. The first kappa shape index (κ1) is 10.5. The number of nitrogens with zero attached hydrogens (tertiary/aromatic N) is 2. The molecule has 0 saturated carbocycles. The van der Waals surface area contributed by atoms with Crippen molar-refractivity contribution in [3.63, 3.8) is 0 Å². The molecule has 0 atom stereocenters. The van der Waals surface area contributed by atoms with Gasteiger partial charge < -0.3 is 10.5 Å². The van der Waals surface area contributed by atoms with Crippen LogP contribution in [0.3, 0.4) is 0 Å². The van der Waals surface area contributed by atoms with Crippen LogP contribution < -0.4 is 5.73 Å². The molecule has 0 amide bonds. The maximum Gasteiger partial charge on any atom is 0.311 e. The molecule has 0 radical (unpaired) electrons. The van der Waals surface area contributed by atoms with Gasteiger partial charge in [0.1, 0.15) is 11.5 Å². The number of ether oxygens (including phenoxy) is 1. The largest absolute Gasteiger partial charge is 0.469 e. The first-order valence-electron chi connectivity index (χ1n) is 4.91. The predicted octanol–water partition coefficient (Wildman–Crippen LogP) is 0.940. The highest BCUT2D eigenvalue weighted by Gasteiger charge is 2.12. The second-order valence-corrected chi connectivity index (χ2v) is 3.63. The normalized spacial score (nSPS) is 10.6. The van der Waals surface area contributed by atoms with Crippen LogP contribution in [0, 0.1) is 6.92 Å². The van der Waals surface area contributed by atoms with Gasteiger partial charge in [0.25, 0.3) is 0 Å². The lowest BCUT2D eigenvalue weighted by Gasteiger charge is -1.99. The number of aryl methyl sites for hydroxylation is 1. The summed E-state index contributed by atoms with van der Waals surface area (Å²) < 4.78 is 6.36. The number of nitrogen functional groups attached to an aromatic ring is 1. The summed E-state index contributed by atoms with van der Waals surface area (Å²) in [6.45, 7) is 1.97. The molecule has 2 aromatic heterocycles. The van der Waals surface area contributed by atoms with Crippen LogP contribution in [0.2, 0.25) is 0 Å². The Bertz CT molecular complexity index is 545. The number of esters is 1. The topological polar surface area (TPSA) is 69.6 Å². The van der Waals surface area contributed by atoms with Gasteiger partial charge in [0.15, 0.2) is 0 Å². The fourth-order valence-electron chi connectivity index (χ4n) is 1.56. The summed E-state index contributed by atoms with van der Waals surface area (Å²) in [6.07, 6.45) is 1.99. The maximum absolute atomic E-state index is 11.2. The number of carbonyl (C=O) groups is 1. The highest BCUT2D eigenvalue weighted by Crippen LogP contribution is 2.16. The number of rotatable bonds is 2. The van der Waals surface area contributed by atoms with Gasteiger partial charge >= 0.3 is 5.97 Å². The Hall–Kier alpha value is -2.04. The van der Waals surface area contributed by atoms with Gasteiger partial charge in [-0.2, -0.15) is 0 Å². The van der Waals surface area contributed by atoms with Crippen molar-refractivity contribution in [2.45, 2.75) is 13.3 Å². The molecule has 0 spiro atoms. The third kappa shape index (κ3) is 1.71. The van der Waals surface area contributed by atoms with Crippen LogP contribution in [-0.2, 0) is 16.0 Å². The fourth-order valence-corrected chi connectivity index (χ4v) is 1.56. The number of nitrogens with two attached hydrogens (primary N) is 1. The lowest BCUT2D eigenvalue weighted by atomic mass is 10.3. The molecule has 2 aromatic rings. The van der Waals surface area contributed by atoms with Crippen LogP contribution in [0.1, 0.15) is 11.3 Å². The van der Waals surface area contributed by atoms with E-state index in [0.29, 0.717) is 11.5 Å². The number of pyridine rings is 1. The molecule has 0 aliphatic heterocycles. The molecule has 2 heterocycles. The van der Waals surface area contributed by atoms with Crippen molar-refractivity contribution in [1.29, 1.82) is 0 Å². The van der Waals surface area contributed by atoms with Gasteiger partial charge in [-0.3, -0.25) is 9.20 Å². The molecule has 2 rings (SSSR count). The molecule has 0 aliphatic carbocycles. The SMILES string of the molecule is COC(=O)Cc1nc2ccc(C)cn2c1N. The van der Waals surface area contributed by atoms with E-state index in [1.165, 1.54) is 7.11 Å². The molecule has 84 valence electrons. The minimum Gasteiger partial charge on any atom is -0.469 e. The lowest BCUT2D eigenvalue weighted by Crippen LogP contribution is -2.07. The third-order valence-electron chi connectivity index (χ3n) is 2.42. The van der Waals surface area contributed by atoms with Crippen LogP contribution in [0.5, 0.6) is 0 Å². The fraction of sp³-hybridized carbons (Fsp3) is 0.273. The van der Waals surface area contributed by atoms with Gasteiger partial charge in [0.05, 0.1) is 19.2 Å². The maximum atomic E-state index is 11.2. The summed E-state index contributed by atoms with van der Waals surface area (Å²) in [6, 6.07) is 3.82. The zero-order chi connectivity index (χ0) is 11.7. The number of hydrogen-bond donors (Lipinski definition) is 1. The van der Waals surface area contributed by atoms with E-state index in [0.717, 1.165) is 11.2 Å². The Balaban J connectivity index is 2.48. The van der Waals surface area contributed by atoms with Crippen LogP contribution in [0.25, 0.3) is 5.65 Å². The highest BCUT2D eigenvalue weighted by atomic mass is 16.5. The number of methoxy groups -OCH3 is 1. The first-order valence-corrected chi connectivity index (χ1v) is 4.91. The second kappa shape index (κ2) is 3.84. The van der Waals surface area contributed by atoms with Crippen molar-refractivity contribution < 1.29 is 9.53 Å². The molecule has 0 unspecified atom stereocenters. The summed E-state index contributed by atoms with van der Waals surface area (Å²) >= 11 is 0. The van der Waals surface area contributed by atoms with Crippen LogP contribution in [0.15, 0.2) is 18.3 Å². The Labute approximate surface area is 92.8 Å². The van der Waals surface area contributed by atoms with Gasteiger partial charge in [-0.1, -0.05) is 6.07 Å². The van der Waals surface area contributed by atoms with Gasteiger partial charge in [-0.25, -0.2) is 4.98 Å². The van der Waals surface area contributed by atoms with Crippen LogP contribution in [0.4, 0.5) is 5.82 Å². The van der Waals surface area contributed by atoms with Crippen LogP contribution in [-0.4, -0.2) is 22.5 Å². The molecule has 16 heavy (non-hydrogen) atoms. The van der Waals surface area contributed by atoms with E-state index in [1.807, 2.05) is 25.3 Å². The van der Waals surface area contributed by atoms with Gasteiger partial charge in [0, 0.05) is 6.20 Å². The van der Waals surface area contributed by atoms with Crippen molar-refractivity contribution in [2.75, 3.05) is 12.8 Å². The van der Waals surface area contributed by atoms with E-state index < -0.39 is 0 Å². The summed E-state index contributed by atoms with van der Waals surface area (Å²) in [5.74, 6) is 0.149. The van der Waals surface area contributed by atoms with Gasteiger partial charge in [-0.05, 0) is 18.6 Å². The molecular weight excluding hydrogens is 206 g/mol. The summed E-state index contributed by atoms with van der Waals surface area (Å²) in [5.41, 5.74) is 8.28. The summed E-state index contributed by atoms with van der Waals surface area (Å²) in [4.78, 5) is 15.4. The number of fused-ring (bicyclic) bond motifs is 1. The van der Waals surface area contributed by atoms with Crippen LogP contribution >= 0.6 is 0 Å². The van der Waals surface area contributed by atoms with Crippen molar-refractivity contribution in [1.82, 2.24) is 9.38 Å². The van der Waals surface area contributed by atoms with E-state index >= 15 is 0 Å². The Morgan fingerprint density at radius 1 is 1.56 bits per heavy atom. The predicted molar refractivity (Wildman–Crippen MR) is 60.1 cm³/mol. The Morgan fingerprint density at radius 3 is 3.00 bits per heavy atom. The monoisotopic (exact) mass is 219 g/mol. The Morgan fingerprint density at radius 2 is 2.31 bits per heavy atom. The number of carbonyl (C=O) groups excluding carboxylic acids is 1. The van der Waals surface area contributed by atoms with E-state index in [2.05, 4.69) is 9.72 Å². The van der Waals surface area contributed by atoms with E-state index in [1.54, 1.807) is 4.40 Å². The van der Waals surface area contributed by atoms with E-state index in [-0.39, 0.29) is 12.4 Å². The molecule has 0 aromatic carbocycles. The molecule has 5 nitrogen and oxygen atoms in total. The highest BCUT2D eigenvalue weighted by molar-refractivity contribution is 5.74. The van der Waals surface area contributed by atoms with E-state index in [9.17, 15) is 4.79 Å². The number of anilines is 1. The molecule has 2 N–H and O–H groups in total. The first-order chi connectivity index (χ1) is 7.61. The summed E-state index contributed by atoms with van der Waals surface area (Å²) in [7, 11) is 1.35. The minimum absolute atomic E-state index is 0.100.